The molecule has 0 radical (unpaired) electrons. The highest BCUT2D eigenvalue weighted by atomic mass is 16.5. The van der Waals surface area contributed by atoms with E-state index in [0.29, 0.717) is 33.6 Å². The van der Waals surface area contributed by atoms with Gasteiger partial charge in [0.1, 0.15) is 23.4 Å². The molecular weight excluding hydrogens is 450 g/mol. The first-order valence-corrected chi connectivity index (χ1v) is 11.2. The lowest BCUT2D eigenvalue weighted by atomic mass is 9.97. The number of fused-ring (bicyclic) bond motifs is 3. The van der Waals surface area contributed by atoms with Gasteiger partial charge in [-0.1, -0.05) is 0 Å². The summed E-state index contributed by atoms with van der Waals surface area (Å²) in [5.74, 6) is 0.455. The van der Waals surface area contributed by atoms with Gasteiger partial charge in [-0.05, 0) is 55.8 Å². The van der Waals surface area contributed by atoms with Crippen LogP contribution in [0, 0.1) is 0 Å². The van der Waals surface area contributed by atoms with Crippen LogP contribution in [-0.2, 0) is 24.4 Å². The fraction of sp³-hybridized carbons (Fsp3) is 0.308. The third-order valence-corrected chi connectivity index (χ3v) is 6.73. The molecule has 5 rings (SSSR count). The third kappa shape index (κ3) is 3.26. The number of hydrogen-bond acceptors (Lipinski definition) is 6. The summed E-state index contributed by atoms with van der Waals surface area (Å²) in [6.45, 7) is 4.28. The van der Waals surface area contributed by atoms with Crippen molar-refractivity contribution < 1.29 is 19.7 Å². The van der Waals surface area contributed by atoms with E-state index in [4.69, 9.17) is 9.47 Å². The van der Waals surface area contributed by atoms with Crippen LogP contribution in [0.25, 0.3) is 22.2 Å². The summed E-state index contributed by atoms with van der Waals surface area (Å²) in [5.41, 5.74) is 1.41. The molecule has 0 saturated carbocycles. The van der Waals surface area contributed by atoms with Crippen molar-refractivity contribution in [2.24, 2.45) is 14.1 Å². The molecule has 0 amide bonds. The minimum absolute atomic E-state index is 0.0807. The Hall–Kier alpha value is -3.98. The van der Waals surface area contributed by atoms with Gasteiger partial charge >= 0.3 is 5.69 Å². The van der Waals surface area contributed by atoms with Gasteiger partial charge in [-0.2, -0.15) is 0 Å². The maximum absolute atomic E-state index is 13.6. The Bertz CT molecular complexity index is 1590. The highest BCUT2D eigenvalue weighted by Gasteiger charge is 2.41. The van der Waals surface area contributed by atoms with Gasteiger partial charge in [-0.15, -0.1) is 0 Å². The van der Waals surface area contributed by atoms with Crippen LogP contribution in [0.2, 0.25) is 0 Å². The predicted molar refractivity (Wildman–Crippen MR) is 131 cm³/mol. The molecule has 2 aromatic carbocycles. The zero-order valence-electron chi connectivity index (χ0n) is 20.2. The summed E-state index contributed by atoms with van der Waals surface area (Å²) < 4.78 is 16.2. The van der Waals surface area contributed by atoms with Crippen LogP contribution in [0.3, 0.4) is 0 Å². The van der Waals surface area contributed by atoms with Crippen LogP contribution in [0.5, 0.6) is 17.2 Å². The Morgan fingerprint density at radius 3 is 2.34 bits per heavy atom. The number of nitrogens with zero attached hydrogens (tertiary/aromatic N) is 3. The van der Waals surface area contributed by atoms with Crippen molar-refractivity contribution in [2.75, 3.05) is 13.7 Å². The van der Waals surface area contributed by atoms with E-state index in [1.807, 2.05) is 42.7 Å². The lowest BCUT2D eigenvalue weighted by molar-refractivity contribution is -0.00800. The molecule has 4 aromatic rings. The maximum atomic E-state index is 13.6. The predicted octanol–water partition coefficient (Wildman–Crippen LogP) is 2.98. The molecule has 0 saturated heterocycles. The lowest BCUT2D eigenvalue weighted by Crippen LogP contribution is -2.40. The Morgan fingerprint density at radius 2 is 1.71 bits per heavy atom. The summed E-state index contributed by atoms with van der Waals surface area (Å²) in [5, 5.41) is 20.9. The molecule has 0 fully saturated rings. The monoisotopic (exact) mass is 477 g/mol. The van der Waals surface area contributed by atoms with Gasteiger partial charge in [-0.3, -0.25) is 13.9 Å². The molecule has 1 atom stereocenters. The van der Waals surface area contributed by atoms with Crippen molar-refractivity contribution in [2.45, 2.75) is 25.5 Å². The minimum atomic E-state index is -0.782. The van der Waals surface area contributed by atoms with E-state index >= 15 is 0 Å². The molecule has 3 heterocycles. The van der Waals surface area contributed by atoms with Crippen molar-refractivity contribution in [1.82, 2.24) is 13.7 Å². The number of aromatic hydroxyl groups is 2. The molecule has 1 aliphatic rings. The lowest BCUT2D eigenvalue weighted by Gasteiger charge is -2.39. The number of hydrogen-bond donors (Lipinski definition) is 2. The smallest absolute Gasteiger partial charge is 0.331 e. The zero-order valence-corrected chi connectivity index (χ0v) is 20.2. The number of phenolic OH excluding ortho intramolecular Hbond substituents is 2. The van der Waals surface area contributed by atoms with E-state index in [2.05, 4.69) is 0 Å². The normalized spacial score (nSPS) is 16.9. The summed E-state index contributed by atoms with van der Waals surface area (Å²) in [6.07, 6.45) is -0.782. The minimum Gasteiger partial charge on any atom is -0.508 e. The number of aromatic nitrogens is 3. The Kier molecular flexibility index (Phi) is 5.06. The first kappa shape index (κ1) is 22.8. The van der Waals surface area contributed by atoms with Crippen molar-refractivity contribution in [3.8, 4) is 28.5 Å². The number of phenols is 2. The van der Waals surface area contributed by atoms with Crippen LogP contribution in [0.1, 0.15) is 31.2 Å². The average molecular weight is 478 g/mol. The third-order valence-electron chi connectivity index (χ3n) is 6.73. The largest absolute Gasteiger partial charge is 0.508 e. The molecule has 35 heavy (non-hydrogen) atoms. The van der Waals surface area contributed by atoms with Crippen molar-refractivity contribution >= 4 is 10.9 Å². The maximum Gasteiger partial charge on any atom is 0.331 e. The van der Waals surface area contributed by atoms with Crippen molar-refractivity contribution in [3.63, 3.8) is 0 Å². The summed E-state index contributed by atoms with van der Waals surface area (Å²) in [6, 6.07) is 11.7. The van der Waals surface area contributed by atoms with Gasteiger partial charge in [0, 0.05) is 25.7 Å². The van der Waals surface area contributed by atoms with Gasteiger partial charge in [0.25, 0.3) is 5.56 Å². The topological polar surface area (TPSA) is 108 Å². The first-order chi connectivity index (χ1) is 16.6. The van der Waals surface area contributed by atoms with E-state index in [1.54, 1.807) is 20.2 Å². The number of benzene rings is 2. The molecule has 9 heteroatoms. The second-order valence-electron chi connectivity index (χ2n) is 9.47. The quantitative estimate of drug-likeness (QED) is 0.470. The average Bonchev–Trinajstić information content (AvgIpc) is 3.20. The van der Waals surface area contributed by atoms with E-state index in [1.165, 1.54) is 23.7 Å². The van der Waals surface area contributed by atoms with Crippen LogP contribution in [0.4, 0.5) is 0 Å². The first-order valence-electron chi connectivity index (χ1n) is 11.2. The van der Waals surface area contributed by atoms with E-state index in [9.17, 15) is 19.8 Å². The Balaban J connectivity index is 1.98. The Labute approximate surface area is 201 Å². The van der Waals surface area contributed by atoms with Crippen LogP contribution in [-0.4, -0.2) is 37.6 Å². The fourth-order valence-electron chi connectivity index (χ4n) is 5.01. The number of methoxy groups -OCH3 is 1. The van der Waals surface area contributed by atoms with Crippen LogP contribution >= 0.6 is 0 Å². The number of aryl methyl sites for hydroxylation is 1. The van der Waals surface area contributed by atoms with Gasteiger partial charge in [0.05, 0.1) is 41.5 Å². The molecule has 2 aromatic heterocycles. The summed E-state index contributed by atoms with van der Waals surface area (Å²) in [4.78, 5) is 26.6. The van der Waals surface area contributed by atoms with Crippen molar-refractivity contribution in [1.29, 1.82) is 0 Å². The molecule has 9 nitrogen and oxygen atoms in total. The van der Waals surface area contributed by atoms with Crippen LogP contribution < -0.4 is 16.0 Å². The highest BCUT2D eigenvalue weighted by Crippen LogP contribution is 2.47. The molecule has 0 aliphatic carbocycles. The van der Waals surface area contributed by atoms with E-state index in [0.717, 1.165) is 10.1 Å². The van der Waals surface area contributed by atoms with E-state index < -0.39 is 22.9 Å². The fourth-order valence-corrected chi connectivity index (χ4v) is 5.01. The summed E-state index contributed by atoms with van der Waals surface area (Å²) >= 11 is 0. The molecule has 2 N–H and O–H groups in total. The highest BCUT2D eigenvalue weighted by molar-refractivity contribution is 5.97. The van der Waals surface area contributed by atoms with Gasteiger partial charge in [0.2, 0.25) is 0 Å². The van der Waals surface area contributed by atoms with E-state index in [-0.39, 0.29) is 18.1 Å². The standard InChI is InChI=1S/C26H27N3O6/c1-26(2)13-35-23(17-11-8-15(30)12-18(17)31)22-21-19(24(32)28(4)25(33)27(21)3)20(29(22)26)14-6-9-16(34-5)10-7-14/h6-12,23,30-31H,13H2,1-5H3/t23-/m1/s1. The SMILES string of the molecule is COc1ccc(-c2c3c(=O)n(C)c(=O)n(C)c3c3n2C(C)(C)CO[C@@H]3c2ccc(O)cc2O)cc1. The molecule has 1 aliphatic heterocycles. The number of rotatable bonds is 3. The molecule has 182 valence electrons. The van der Waals surface area contributed by atoms with Gasteiger partial charge in [0.15, 0.2) is 0 Å². The van der Waals surface area contributed by atoms with Crippen LogP contribution in [0.15, 0.2) is 52.1 Å². The van der Waals surface area contributed by atoms with Gasteiger partial charge < -0.3 is 24.3 Å². The number of ether oxygens (including phenoxy) is 2. The van der Waals surface area contributed by atoms with Gasteiger partial charge in [-0.25, -0.2) is 4.79 Å². The summed E-state index contributed by atoms with van der Waals surface area (Å²) in [7, 11) is 4.67. The molecule has 0 bridgehead atoms. The molecule has 0 unspecified atom stereocenters. The molecular formula is C26H27N3O6. The second kappa shape index (κ2) is 7.78. The Morgan fingerprint density at radius 1 is 1.03 bits per heavy atom. The zero-order chi connectivity index (χ0) is 25.2. The van der Waals surface area contributed by atoms with Crippen molar-refractivity contribution in [3.05, 3.63) is 74.6 Å². The molecule has 0 spiro atoms. The second-order valence-corrected chi connectivity index (χ2v) is 9.47.